The molecule has 1 aliphatic heterocycles. The number of hydrogen-bond acceptors (Lipinski definition) is 6. The molecule has 1 atom stereocenters. The fourth-order valence-corrected chi connectivity index (χ4v) is 3.53. The molecule has 9 heteroatoms. The molecule has 1 unspecified atom stereocenters. The van der Waals surface area contributed by atoms with Gasteiger partial charge >= 0.3 is 0 Å². The lowest BCUT2D eigenvalue weighted by atomic mass is 10.1. The predicted octanol–water partition coefficient (Wildman–Crippen LogP) is 2.12. The minimum Gasteiger partial charge on any atom is -0.489 e. The van der Waals surface area contributed by atoms with Crippen LogP contribution in [0.1, 0.15) is 32.2 Å². The number of amides is 3. The first kappa shape index (κ1) is 22.1. The zero-order chi connectivity index (χ0) is 23.5. The molecule has 170 valence electrons. The summed E-state index contributed by atoms with van der Waals surface area (Å²) in [7, 11) is 4.88. The number of hydrogen-bond donors (Lipinski definition) is 1. The van der Waals surface area contributed by atoms with E-state index in [1.54, 1.807) is 45.4 Å². The largest absolute Gasteiger partial charge is 0.489 e. The minimum absolute atomic E-state index is 0.0579. The van der Waals surface area contributed by atoms with Crippen LogP contribution in [-0.2, 0) is 11.2 Å². The Hall–Kier alpha value is -4.14. The molecule has 4 rings (SSSR count). The van der Waals surface area contributed by atoms with E-state index in [2.05, 4.69) is 10.5 Å². The Kier molecular flexibility index (Phi) is 6.12. The SMILES string of the molecule is CN(C)C(=O)c1ccc2c(c1)N(C)C(=O)C(NC(=O)c1cc(Cc3ccccc3)on1)CO2. The highest BCUT2D eigenvalue weighted by molar-refractivity contribution is 6.04. The molecular weight excluding hydrogens is 424 g/mol. The molecule has 0 bridgehead atoms. The number of likely N-dealkylation sites (N-methyl/N-ethyl adjacent to an activating group) is 1. The third-order valence-corrected chi connectivity index (χ3v) is 5.33. The number of nitrogens with zero attached hydrogens (tertiary/aromatic N) is 3. The highest BCUT2D eigenvalue weighted by Crippen LogP contribution is 2.32. The Morgan fingerprint density at radius 3 is 2.64 bits per heavy atom. The van der Waals surface area contributed by atoms with E-state index in [1.807, 2.05) is 30.3 Å². The van der Waals surface area contributed by atoms with Gasteiger partial charge < -0.3 is 24.4 Å². The van der Waals surface area contributed by atoms with Crippen LogP contribution in [0, 0.1) is 0 Å². The van der Waals surface area contributed by atoms with Gasteiger partial charge in [-0.25, -0.2) is 0 Å². The summed E-state index contributed by atoms with van der Waals surface area (Å²) in [6.45, 7) is -0.0579. The van der Waals surface area contributed by atoms with E-state index in [-0.39, 0.29) is 24.1 Å². The summed E-state index contributed by atoms with van der Waals surface area (Å²) in [5.41, 5.74) is 1.99. The van der Waals surface area contributed by atoms with Gasteiger partial charge in [-0.2, -0.15) is 0 Å². The molecule has 0 aliphatic carbocycles. The van der Waals surface area contributed by atoms with Crippen molar-refractivity contribution >= 4 is 23.4 Å². The second-order valence-electron chi connectivity index (χ2n) is 7.96. The number of rotatable bonds is 5. The van der Waals surface area contributed by atoms with Crippen LogP contribution < -0.4 is 15.0 Å². The number of fused-ring (bicyclic) bond motifs is 1. The molecule has 0 saturated heterocycles. The average molecular weight is 448 g/mol. The fourth-order valence-electron chi connectivity index (χ4n) is 3.53. The van der Waals surface area contributed by atoms with Gasteiger partial charge in [0.15, 0.2) is 5.69 Å². The Bertz CT molecular complexity index is 1190. The van der Waals surface area contributed by atoms with E-state index in [4.69, 9.17) is 9.26 Å². The second-order valence-corrected chi connectivity index (χ2v) is 7.96. The first-order valence-electron chi connectivity index (χ1n) is 10.4. The molecule has 0 fully saturated rings. The number of carbonyl (C=O) groups excluding carboxylic acids is 3. The van der Waals surface area contributed by atoms with E-state index in [1.165, 1.54) is 9.80 Å². The predicted molar refractivity (Wildman–Crippen MR) is 120 cm³/mol. The van der Waals surface area contributed by atoms with Gasteiger partial charge in [-0.1, -0.05) is 35.5 Å². The lowest BCUT2D eigenvalue weighted by Crippen LogP contribution is -2.49. The van der Waals surface area contributed by atoms with Crippen LogP contribution in [0.25, 0.3) is 0 Å². The molecule has 1 aromatic heterocycles. The molecule has 0 saturated carbocycles. The summed E-state index contributed by atoms with van der Waals surface area (Å²) in [5, 5.41) is 6.51. The molecule has 9 nitrogen and oxygen atoms in total. The van der Waals surface area contributed by atoms with Crippen molar-refractivity contribution in [1.29, 1.82) is 0 Å². The smallest absolute Gasteiger partial charge is 0.274 e. The maximum absolute atomic E-state index is 13.0. The van der Waals surface area contributed by atoms with Gasteiger partial charge in [0.05, 0.1) is 5.69 Å². The Morgan fingerprint density at radius 1 is 1.15 bits per heavy atom. The van der Waals surface area contributed by atoms with Crippen molar-refractivity contribution < 1.29 is 23.6 Å². The van der Waals surface area contributed by atoms with Gasteiger partial charge in [0.25, 0.3) is 17.7 Å². The molecule has 1 N–H and O–H groups in total. The van der Waals surface area contributed by atoms with Crippen LogP contribution in [-0.4, -0.2) is 61.6 Å². The first-order chi connectivity index (χ1) is 15.8. The zero-order valence-electron chi connectivity index (χ0n) is 18.6. The molecule has 3 amide bonds. The third-order valence-electron chi connectivity index (χ3n) is 5.33. The van der Waals surface area contributed by atoms with Crippen molar-refractivity contribution in [2.24, 2.45) is 0 Å². The summed E-state index contributed by atoms with van der Waals surface area (Å²) in [6.07, 6.45) is 0.499. The maximum atomic E-state index is 13.0. The van der Waals surface area contributed by atoms with Crippen LogP contribution in [0.15, 0.2) is 59.1 Å². The number of aromatic nitrogens is 1. The molecule has 0 radical (unpaired) electrons. The zero-order valence-corrected chi connectivity index (χ0v) is 18.6. The van der Waals surface area contributed by atoms with E-state index in [0.29, 0.717) is 29.2 Å². The summed E-state index contributed by atoms with van der Waals surface area (Å²) >= 11 is 0. The van der Waals surface area contributed by atoms with E-state index < -0.39 is 11.9 Å². The Labute approximate surface area is 190 Å². The van der Waals surface area contributed by atoms with Crippen molar-refractivity contribution in [3.8, 4) is 5.75 Å². The van der Waals surface area contributed by atoms with Crippen molar-refractivity contribution in [1.82, 2.24) is 15.4 Å². The highest BCUT2D eigenvalue weighted by atomic mass is 16.5. The monoisotopic (exact) mass is 448 g/mol. The van der Waals surface area contributed by atoms with Crippen LogP contribution >= 0.6 is 0 Å². The normalized spacial score (nSPS) is 15.3. The first-order valence-corrected chi connectivity index (χ1v) is 10.4. The third kappa shape index (κ3) is 4.72. The number of carbonyl (C=O) groups is 3. The minimum atomic E-state index is -0.933. The maximum Gasteiger partial charge on any atom is 0.274 e. The molecule has 0 spiro atoms. The van der Waals surface area contributed by atoms with E-state index in [0.717, 1.165) is 5.56 Å². The summed E-state index contributed by atoms with van der Waals surface area (Å²) in [4.78, 5) is 40.9. The topological polar surface area (TPSA) is 105 Å². The summed E-state index contributed by atoms with van der Waals surface area (Å²) < 4.78 is 11.1. The van der Waals surface area contributed by atoms with Crippen molar-refractivity contribution in [2.45, 2.75) is 12.5 Å². The fraction of sp³-hybridized carbons (Fsp3) is 0.250. The molecule has 3 aromatic rings. The Morgan fingerprint density at radius 2 is 1.91 bits per heavy atom. The van der Waals surface area contributed by atoms with Crippen molar-refractivity contribution in [3.63, 3.8) is 0 Å². The Balaban J connectivity index is 1.46. The van der Waals surface area contributed by atoms with E-state index >= 15 is 0 Å². The number of anilines is 1. The standard InChI is InChI=1S/C24H24N4O5/c1-27(2)23(30)16-9-10-21-20(12-16)28(3)24(31)19(14-32-21)25-22(29)18-13-17(33-26-18)11-15-7-5-4-6-8-15/h4-10,12-13,19H,11,14H2,1-3H3,(H,25,29). The molecule has 2 aromatic carbocycles. The van der Waals surface area contributed by atoms with Gasteiger partial charge in [0, 0.05) is 39.2 Å². The van der Waals surface area contributed by atoms with Crippen LogP contribution in [0.2, 0.25) is 0 Å². The molecule has 1 aliphatic rings. The van der Waals surface area contributed by atoms with Crippen LogP contribution in [0.3, 0.4) is 0 Å². The number of nitrogens with one attached hydrogen (secondary N) is 1. The molecular formula is C24H24N4O5. The van der Waals surface area contributed by atoms with Gasteiger partial charge in [-0.3, -0.25) is 14.4 Å². The van der Waals surface area contributed by atoms with Crippen molar-refractivity contribution in [2.75, 3.05) is 32.6 Å². The van der Waals surface area contributed by atoms with Gasteiger partial charge in [-0.05, 0) is 23.8 Å². The molecule has 2 heterocycles. The lowest BCUT2D eigenvalue weighted by Gasteiger charge is -2.20. The summed E-state index contributed by atoms with van der Waals surface area (Å²) in [5.74, 6) is -0.112. The lowest BCUT2D eigenvalue weighted by molar-refractivity contribution is -0.120. The van der Waals surface area contributed by atoms with Gasteiger partial charge in [0.2, 0.25) is 0 Å². The van der Waals surface area contributed by atoms with Crippen LogP contribution in [0.5, 0.6) is 5.75 Å². The second kappa shape index (κ2) is 9.15. The highest BCUT2D eigenvalue weighted by Gasteiger charge is 2.32. The van der Waals surface area contributed by atoms with Gasteiger partial charge in [0.1, 0.15) is 24.2 Å². The van der Waals surface area contributed by atoms with Crippen LogP contribution in [0.4, 0.5) is 5.69 Å². The number of benzene rings is 2. The molecule has 33 heavy (non-hydrogen) atoms. The van der Waals surface area contributed by atoms with E-state index in [9.17, 15) is 14.4 Å². The van der Waals surface area contributed by atoms with Crippen molar-refractivity contribution in [3.05, 3.63) is 77.2 Å². The summed E-state index contributed by atoms with van der Waals surface area (Å²) in [6, 6.07) is 15.2. The number of ether oxygens (including phenoxy) is 1. The average Bonchev–Trinajstić information content (AvgIpc) is 3.25. The quantitative estimate of drug-likeness (QED) is 0.641. The van der Waals surface area contributed by atoms with Gasteiger partial charge in [-0.15, -0.1) is 0 Å².